The Morgan fingerprint density at radius 3 is 2.52 bits per heavy atom. The molecule has 1 unspecified atom stereocenters. The van der Waals surface area contributed by atoms with Crippen molar-refractivity contribution in [1.82, 2.24) is 0 Å². The third-order valence-corrected chi connectivity index (χ3v) is 10.7. The van der Waals surface area contributed by atoms with Gasteiger partial charge in [0.1, 0.15) is 0 Å². The van der Waals surface area contributed by atoms with Crippen LogP contribution in [0.4, 0.5) is 0 Å². The summed E-state index contributed by atoms with van der Waals surface area (Å²) in [6.07, 6.45) is 7.57. The normalized spacial score (nSPS) is 34.8. The van der Waals surface area contributed by atoms with Crippen LogP contribution in [0.15, 0.2) is 12.2 Å². The van der Waals surface area contributed by atoms with Crippen LogP contribution in [0.2, 0.25) is 18.1 Å². The van der Waals surface area contributed by atoms with Crippen molar-refractivity contribution in [3.63, 3.8) is 0 Å². The lowest BCUT2D eigenvalue weighted by Gasteiger charge is -2.38. The molecule has 0 bridgehead atoms. The molecule has 4 nitrogen and oxygen atoms in total. The number of ether oxygens (including phenoxy) is 2. The molecular weight excluding hydrogens is 332 g/mol. The quantitative estimate of drug-likeness (QED) is 0.553. The summed E-state index contributed by atoms with van der Waals surface area (Å²) in [5.74, 6) is 0.286. The van der Waals surface area contributed by atoms with E-state index in [-0.39, 0.29) is 35.4 Å². The average Bonchev–Trinajstić information content (AvgIpc) is 2.81. The van der Waals surface area contributed by atoms with E-state index in [0.717, 1.165) is 25.9 Å². The fraction of sp³-hybridized carbons (Fsp3) is 0.900. The maximum atomic E-state index is 10.6. The molecule has 5 heteroatoms. The molecule has 2 fully saturated rings. The van der Waals surface area contributed by atoms with Gasteiger partial charge >= 0.3 is 0 Å². The van der Waals surface area contributed by atoms with E-state index in [4.69, 9.17) is 13.9 Å². The molecular formula is C20H38O4Si. The highest BCUT2D eigenvalue weighted by atomic mass is 28.4. The second kappa shape index (κ2) is 8.66. The Balaban J connectivity index is 2.06. The van der Waals surface area contributed by atoms with Crippen molar-refractivity contribution in [1.29, 1.82) is 0 Å². The Morgan fingerprint density at radius 2 is 1.96 bits per heavy atom. The number of hydrogen-bond acceptors (Lipinski definition) is 4. The van der Waals surface area contributed by atoms with E-state index in [9.17, 15) is 5.11 Å². The highest BCUT2D eigenvalue weighted by Gasteiger charge is 2.45. The summed E-state index contributed by atoms with van der Waals surface area (Å²) in [7, 11) is -1.82. The van der Waals surface area contributed by atoms with Gasteiger partial charge in [-0.15, -0.1) is 0 Å². The fourth-order valence-electron chi connectivity index (χ4n) is 3.51. The molecule has 1 heterocycles. The molecule has 146 valence electrons. The molecule has 1 aliphatic carbocycles. The second-order valence-corrected chi connectivity index (χ2v) is 13.9. The van der Waals surface area contributed by atoms with Gasteiger partial charge in [-0.05, 0) is 44.3 Å². The van der Waals surface area contributed by atoms with Crippen molar-refractivity contribution in [3.8, 4) is 0 Å². The van der Waals surface area contributed by atoms with Gasteiger partial charge in [0, 0.05) is 31.5 Å². The molecule has 2 rings (SSSR count). The van der Waals surface area contributed by atoms with Crippen molar-refractivity contribution < 1.29 is 19.0 Å². The van der Waals surface area contributed by atoms with E-state index < -0.39 is 8.32 Å². The smallest absolute Gasteiger partial charge is 0.191 e. The first-order valence-corrected chi connectivity index (χ1v) is 12.8. The van der Waals surface area contributed by atoms with Gasteiger partial charge in [-0.25, -0.2) is 0 Å². The molecule has 0 amide bonds. The van der Waals surface area contributed by atoms with Gasteiger partial charge in [0.05, 0.1) is 12.2 Å². The molecule has 0 aromatic carbocycles. The van der Waals surface area contributed by atoms with Crippen LogP contribution in [-0.2, 0) is 13.9 Å². The lowest BCUT2D eigenvalue weighted by atomic mass is 9.94. The molecule has 2 aliphatic rings. The second-order valence-electron chi connectivity index (χ2n) is 9.11. The highest BCUT2D eigenvalue weighted by Crippen LogP contribution is 2.41. The summed E-state index contributed by atoms with van der Waals surface area (Å²) in [5, 5.41) is 10.7. The molecule has 0 aromatic heterocycles. The standard InChI is InChI=1S/C20H38O4Si/c1-7-10-15-16(14-23-25(5,6)20(2,3)4)18(13-17(15)21)24-19-11-8-9-12-22-19/h7,10,15-19,21H,8-9,11-14H2,1-6H3/b10-7-/t15-,16-,17+,18-,19?/m1/s1. The van der Waals surface area contributed by atoms with Gasteiger partial charge in [0.15, 0.2) is 14.6 Å². The summed E-state index contributed by atoms with van der Waals surface area (Å²) in [6, 6.07) is 0. The largest absolute Gasteiger partial charge is 0.416 e. The minimum absolute atomic E-state index is 0.00377. The van der Waals surface area contributed by atoms with Gasteiger partial charge in [0.25, 0.3) is 0 Å². The molecule has 0 spiro atoms. The maximum absolute atomic E-state index is 10.6. The van der Waals surface area contributed by atoms with E-state index in [1.807, 2.05) is 13.0 Å². The van der Waals surface area contributed by atoms with Crippen molar-refractivity contribution in [2.75, 3.05) is 13.2 Å². The summed E-state index contributed by atoms with van der Waals surface area (Å²) in [4.78, 5) is 0. The first kappa shape index (κ1) is 21.1. The number of aliphatic hydroxyl groups excluding tert-OH is 1. The number of allylic oxidation sites excluding steroid dienone is 1. The van der Waals surface area contributed by atoms with Crippen LogP contribution >= 0.6 is 0 Å². The van der Waals surface area contributed by atoms with E-state index in [0.29, 0.717) is 13.0 Å². The van der Waals surface area contributed by atoms with Gasteiger partial charge in [-0.1, -0.05) is 32.9 Å². The van der Waals surface area contributed by atoms with E-state index >= 15 is 0 Å². The average molecular weight is 371 g/mol. The van der Waals surface area contributed by atoms with Gasteiger partial charge in [0.2, 0.25) is 0 Å². The topological polar surface area (TPSA) is 47.9 Å². The maximum Gasteiger partial charge on any atom is 0.191 e. The zero-order valence-electron chi connectivity index (χ0n) is 17.0. The number of hydrogen-bond donors (Lipinski definition) is 1. The fourth-order valence-corrected chi connectivity index (χ4v) is 4.55. The van der Waals surface area contributed by atoms with Crippen molar-refractivity contribution >= 4 is 8.32 Å². The van der Waals surface area contributed by atoms with Crippen molar-refractivity contribution in [2.24, 2.45) is 11.8 Å². The lowest BCUT2D eigenvalue weighted by molar-refractivity contribution is -0.197. The third-order valence-electron chi connectivity index (χ3n) is 6.21. The molecule has 1 saturated carbocycles. The van der Waals surface area contributed by atoms with Gasteiger partial charge in [-0.3, -0.25) is 0 Å². The number of aliphatic hydroxyl groups is 1. The molecule has 5 atom stereocenters. The zero-order valence-corrected chi connectivity index (χ0v) is 18.0. The number of rotatable bonds is 6. The molecule has 25 heavy (non-hydrogen) atoms. The van der Waals surface area contributed by atoms with Crippen LogP contribution in [0.5, 0.6) is 0 Å². The zero-order chi connectivity index (χ0) is 18.7. The van der Waals surface area contributed by atoms with E-state index in [1.54, 1.807) is 0 Å². The van der Waals surface area contributed by atoms with Crippen molar-refractivity contribution in [2.45, 2.75) is 90.0 Å². The Hall–Kier alpha value is -0.203. The summed E-state index contributed by atoms with van der Waals surface area (Å²) >= 11 is 0. The van der Waals surface area contributed by atoms with Crippen LogP contribution < -0.4 is 0 Å². The lowest BCUT2D eigenvalue weighted by Crippen LogP contribution is -2.44. The minimum Gasteiger partial charge on any atom is -0.416 e. The molecule has 1 aliphatic heterocycles. The van der Waals surface area contributed by atoms with E-state index in [2.05, 4.69) is 39.9 Å². The van der Waals surface area contributed by atoms with Crippen LogP contribution in [0, 0.1) is 11.8 Å². The Labute approximate surface area is 155 Å². The summed E-state index contributed by atoms with van der Waals surface area (Å²) in [6.45, 7) is 14.8. The minimum atomic E-state index is -1.82. The van der Waals surface area contributed by atoms with Gasteiger partial charge < -0.3 is 19.0 Å². The highest BCUT2D eigenvalue weighted by molar-refractivity contribution is 6.74. The molecule has 1 saturated heterocycles. The predicted octanol–water partition coefficient (Wildman–Crippen LogP) is 4.49. The van der Waals surface area contributed by atoms with Gasteiger partial charge in [-0.2, -0.15) is 0 Å². The Morgan fingerprint density at radius 1 is 1.24 bits per heavy atom. The van der Waals surface area contributed by atoms with Crippen LogP contribution in [0.25, 0.3) is 0 Å². The first-order valence-electron chi connectivity index (χ1n) is 9.87. The third kappa shape index (κ3) is 5.39. The molecule has 0 aromatic rings. The van der Waals surface area contributed by atoms with Crippen LogP contribution in [0.1, 0.15) is 53.4 Å². The van der Waals surface area contributed by atoms with Crippen LogP contribution in [0.3, 0.4) is 0 Å². The Bertz CT molecular complexity index is 437. The van der Waals surface area contributed by atoms with Crippen LogP contribution in [-0.4, -0.2) is 45.1 Å². The molecule has 1 N–H and O–H groups in total. The van der Waals surface area contributed by atoms with Crippen molar-refractivity contribution in [3.05, 3.63) is 12.2 Å². The molecule has 0 radical (unpaired) electrons. The van der Waals surface area contributed by atoms with E-state index in [1.165, 1.54) is 0 Å². The summed E-state index contributed by atoms with van der Waals surface area (Å²) < 4.78 is 18.5. The SMILES string of the molecule is C/C=C\[C@@H]1[C@@H](CO[Si](C)(C)C(C)(C)C)[C@H](OC2CCCCO2)C[C@@H]1O. The first-order chi connectivity index (χ1) is 11.7. The predicted molar refractivity (Wildman–Crippen MR) is 104 cm³/mol. The Kier molecular flexibility index (Phi) is 7.31. The summed E-state index contributed by atoms with van der Waals surface area (Å²) in [5.41, 5.74) is 0. The monoisotopic (exact) mass is 370 g/mol.